The van der Waals surface area contributed by atoms with Crippen LogP contribution in [0, 0.1) is 5.41 Å². The Morgan fingerprint density at radius 2 is 2.05 bits per heavy atom. The van der Waals surface area contributed by atoms with Gasteiger partial charge in [0.25, 0.3) is 0 Å². The van der Waals surface area contributed by atoms with Gasteiger partial charge in [-0.1, -0.05) is 32.9 Å². The molecule has 0 saturated heterocycles. The van der Waals surface area contributed by atoms with E-state index in [1.54, 1.807) is 11.3 Å². The third-order valence-corrected chi connectivity index (χ3v) is 4.07. The highest BCUT2D eigenvalue weighted by Gasteiger charge is 2.20. The fraction of sp³-hybridized carbons (Fsp3) is 0.438. The van der Waals surface area contributed by atoms with Gasteiger partial charge in [0.15, 0.2) is 5.78 Å². The van der Waals surface area contributed by atoms with E-state index in [9.17, 15) is 4.79 Å². The van der Waals surface area contributed by atoms with Crippen molar-refractivity contribution in [2.45, 2.75) is 39.7 Å². The van der Waals surface area contributed by atoms with Crippen molar-refractivity contribution in [3.05, 3.63) is 35.2 Å². The molecule has 0 fully saturated rings. The largest absolute Gasteiger partial charge is 0.327 e. The molecule has 2 nitrogen and oxygen atoms in total. The number of hydrogen-bond acceptors (Lipinski definition) is 3. The van der Waals surface area contributed by atoms with Gasteiger partial charge < -0.3 is 5.73 Å². The maximum absolute atomic E-state index is 12.4. The van der Waals surface area contributed by atoms with Crippen molar-refractivity contribution < 1.29 is 4.79 Å². The summed E-state index contributed by atoms with van der Waals surface area (Å²) in [5, 5.41) is 3.16. The highest BCUT2D eigenvalue weighted by atomic mass is 32.1. The van der Waals surface area contributed by atoms with Crippen LogP contribution in [-0.2, 0) is 0 Å². The van der Waals surface area contributed by atoms with Gasteiger partial charge in [-0.3, -0.25) is 4.79 Å². The Morgan fingerprint density at radius 1 is 1.32 bits per heavy atom. The normalized spacial score (nSPS) is 13.7. The van der Waals surface area contributed by atoms with Gasteiger partial charge in [-0.15, -0.1) is 11.3 Å². The number of nitrogens with two attached hydrogens (primary N) is 1. The quantitative estimate of drug-likeness (QED) is 0.848. The minimum atomic E-state index is -0.0669. The third-order valence-electron chi connectivity index (χ3n) is 3.10. The van der Waals surface area contributed by atoms with Gasteiger partial charge in [0.05, 0.1) is 0 Å². The maximum Gasteiger partial charge on any atom is 0.165 e. The van der Waals surface area contributed by atoms with Crippen LogP contribution in [0.15, 0.2) is 29.6 Å². The van der Waals surface area contributed by atoms with Crippen molar-refractivity contribution in [3.8, 4) is 0 Å². The number of rotatable bonds is 4. The fourth-order valence-corrected chi connectivity index (χ4v) is 3.35. The van der Waals surface area contributed by atoms with E-state index in [4.69, 9.17) is 5.73 Å². The first-order valence-corrected chi connectivity index (χ1v) is 7.50. The van der Waals surface area contributed by atoms with Crippen molar-refractivity contribution in [1.29, 1.82) is 0 Å². The topological polar surface area (TPSA) is 43.1 Å². The zero-order valence-corrected chi connectivity index (χ0v) is 12.6. The standard InChI is InChI=1S/C16H21NOS/c1-16(2,3)10-12(17)9-14(18)13-6-4-5-11-7-8-19-15(11)13/h4-8,12H,9-10,17H2,1-3H3. The Labute approximate surface area is 118 Å². The molecular formula is C16H21NOS. The third kappa shape index (κ3) is 3.64. The molecule has 1 heterocycles. The average molecular weight is 275 g/mol. The molecule has 1 aromatic heterocycles. The van der Waals surface area contributed by atoms with Crippen LogP contribution in [0.4, 0.5) is 0 Å². The van der Waals surface area contributed by atoms with Crippen LogP contribution in [0.5, 0.6) is 0 Å². The first-order valence-electron chi connectivity index (χ1n) is 6.62. The molecule has 0 radical (unpaired) electrons. The van der Waals surface area contributed by atoms with E-state index in [2.05, 4.69) is 20.8 Å². The molecule has 2 aromatic rings. The zero-order valence-electron chi connectivity index (χ0n) is 11.8. The molecule has 102 valence electrons. The van der Waals surface area contributed by atoms with Crippen LogP contribution in [0.1, 0.15) is 44.0 Å². The number of carbonyl (C=O) groups is 1. The lowest BCUT2D eigenvalue weighted by Gasteiger charge is -2.22. The molecule has 0 aliphatic carbocycles. The van der Waals surface area contributed by atoms with E-state index in [1.165, 1.54) is 0 Å². The Bertz CT molecular complexity index is 580. The molecule has 0 aliphatic heterocycles. The van der Waals surface area contributed by atoms with E-state index in [0.717, 1.165) is 22.1 Å². The van der Waals surface area contributed by atoms with Crippen LogP contribution in [0.25, 0.3) is 10.1 Å². The molecule has 0 saturated carbocycles. The summed E-state index contributed by atoms with van der Waals surface area (Å²) in [6.07, 6.45) is 1.29. The predicted octanol–water partition coefficient (Wildman–Crippen LogP) is 4.24. The first kappa shape index (κ1) is 14.2. The van der Waals surface area contributed by atoms with E-state index < -0.39 is 0 Å². The van der Waals surface area contributed by atoms with Crippen molar-refractivity contribution in [3.63, 3.8) is 0 Å². The van der Waals surface area contributed by atoms with E-state index >= 15 is 0 Å². The van der Waals surface area contributed by atoms with E-state index in [0.29, 0.717) is 6.42 Å². The van der Waals surface area contributed by atoms with Crippen molar-refractivity contribution in [1.82, 2.24) is 0 Å². The number of ketones is 1. The van der Waals surface area contributed by atoms with Crippen molar-refractivity contribution >= 4 is 27.2 Å². The molecule has 2 rings (SSSR count). The molecule has 1 aromatic carbocycles. The minimum absolute atomic E-state index is 0.0669. The van der Waals surface area contributed by atoms with Crippen LogP contribution in [-0.4, -0.2) is 11.8 Å². The van der Waals surface area contributed by atoms with Gasteiger partial charge in [-0.25, -0.2) is 0 Å². The van der Waals surface area contributed by atoms with Crippen molar-refractivity contribution in [2.24, 2.45) is 11.1 Å². The molecule has 3 heteroatoms. The van der Waals surface area contributed by atoms with E-state index in [1.807, 2.05) is 29.6 Å². The van der Waals surface area contributed by atoms with Gasteiger partial charge in [0.2, 0.25) is 0 Å². The summed E-state index contributed by atoms with van der Waals surface area (Å²) in [6, 6.07) is 7.87. The lowest BCUT2D eigenvalue weighted by molar-refractivity contribution is 0.0970. The number of Topliss-reactive ketones (excluding diaryl/α,β-unsaturated/α-hetero) is 1. The van der Waals surface area contributed by atoms with Gasteiger partial charge in [-0.05, 0) is 34.7 Å². The Balaban J connectivity index is 2.14. The van der Waals surface area contributed by atoms with Gasteiger partial charge in [-0.2, -0.15) is 0 Å². The monoisotopic (exact) mass is 275 g/mol. The summed E-state index contributed by atoms with van der Waals surface area (Å²) in [5.74, 6) is 0.157. The maximum atomic E-state index is 12.4. The number of carbonyl (C=O) groups excluding carboxylic acids is 1. The Morgan fingerprint density at radius 3 is 2.74 bits per heavy atom. The van der Waals surface area contributed by atoms with Crippen LogP contribution in [0.2, 0.25) is 0 Å². The predicted molar refractivity (Wildman–Crippen MR) is 82.8 cm³/mol. The second kappa shape index (κ2) is 5.43. The summed E-state index contributed by atoms with van der Waals surface area (Å²) >= 11 is 1.62. The van der Waals surface area contributed by atoms with Crippen molar-refractivity contribution in [2.75, 3.05) is 0 Å². The molecule has 1 atom stereocenters. The number of benzene rings is 1. The highest BCUT2D eigenvalue weighted by molar-refractivity contribution is 7.17. The molecule has 19 heavy (non-hydrogen) atoms. The second-order valence-corrected chi connectivity index (χ2v) is 7.21. The fourth-order valence-electron chi connectivity index (χ4n) is 2.42. The molecule has 0 bridgehead atoms. The Kier molecular flexibility index (Phi) is 4.07. The average Bonchev–Trinajstić information content (AvgIpc) is 2.73. The van der Waals surface area contributed by atoms with Crippen LogP contribution >= 0.6 is 11.3 Å². The molecule has 0 amide bonds. The summed E-state index contributed by atoms with van der Waals surface area (Å²) in [5.41, 5.74) is 7.08. The van der Waals surface area contributed by atoms with E-state index in [-0.39, 0.29) is 17.2 Å². The van der Waals surface area contributed by atoms with Gasteiger partial charge in [0, 0.05) is 22.7 Å². The molecule has 1 unspecified atom stereocenters. The van der Waals surface area contributed by atoms with Gasteiger partial charge in [0.1, 0.15) is 0 Å². The number of hydrogen-bond donors (Lipinski definition) is 1. The second-order valence-electron chi connectivity index (χ2n) is 6.30. The summed E-state index contributed by atoms with van der Waals surface area (Å²) in [7, 11) is 0. The smallest absolute Gasteiger partial charge is 0.165 e. The highest BCUT2D eigenvalue weighted by Crippen LogP contribution is 2.27. The summed E-state index contributed by atoms with van der Waals surface area (Å²) in [4.78, 5) is 12.4. The lowest BCUT2D eigenvalue weighted by atomic mass is 9.86. The number of fused-ring (bicyclic) bond motifs is 1. The first-order chi connectivity index (χ1) is 8.87. The number of thiophene rings is 1. The van der Waals surface area contributed by atoms with Crippen LogP contribution in [0.3, 0.4) is 0 Å². The van der Waals surface area contributed by atoms with Gasteiger partial charge >= 0.3 is 0 Å². The molecule has 0 aliphatic rings. The molecule has 0 spiro atoms. The van der Waals surface area contributed by atoms with Crippen LogP contribution < -0.4 is 5.73 Å². The Hall–Kier alpha value is -1.19. The minimum Gasteiger partial charge on any atom is -0.327 e. The lowest BCUT2D eigenvalue weighted by Crippen LogP contribution is -2.29. The SMILES string of the molecule is CC(C)(C)CC(N)CC(=O)c1cccc2ccsc12. The summed E-state index contributed by atoms with van der Waals surface area (Å²) in [6.45, 7) is 6.45. The zero-order chi connectivity index (χ0) is 14.0. The summed E-state index contributed by atoms with van der Waals surface area (Å²) < 4.78 is 1.08. The molecular weight excluding hydrogens is 254 g/mol. The molecule has 2 N–H and O–H groups in total.